The molecule has 0 aliphatic carbocycles. The largest absolute Gasteiger partial charge is 0.355 e. The average Bonchev–Trinajstić information content (AvgIpc) is 2.93. The highest BCUT2D eigenvalue weighted by atomic mass is 16.2. The normalized spacial score (nSPS) is 10.7. The van der Waals surface area contributed by atoms with Crippen molar-refractivity contribution >= 4 is 28.8 Å². The summed E-state index contributed by atoms with van der Waals surface area (Å²) in [6.45, 7) is 2.84. The van der Waals surface area contributed by atoms with Crippen LogP contribution in [0.3, 0.4) is 0 Å². The Morgan fingerprint density at radius 1 is 1.25 bits per heavy atom. The van der Waals surface area contributed by atoms with E-state index < -0.39 is 0 Å². The second-order valence-corrected chi connectivity index (χ2v) is 5.31. The first kappa shape index (κ1) is 17.3. The topological polar surface area (TPSA) is 86.9 Å². The van der Waals surface area contributed by atoms with E-state index in [1.54, 1.807) is 6.08 Å². The van der Waals surface area contributed by atoms with Gasteiger partial charge in [-0.25, -0.2) is 0 Å². The number of hydrogen-bond acceptors (Lipinski definition) is 3. The molecule has 0 aliphatic rings. The number of aromatic nitrogens is 1. The van der Waals surface area contributed by atoms with Crippen LogP contribution >= 0.6 is 0 Å². The summed E-state index contributed by atoms with van der Waals surface area (Å²) in [5, 5.41) is 15.1. The van der Waals surface area contributed by atoms with E-state index in [2.05, 4.69) is 16.7 Å². The Morgan fingerprint density at radius 2 is 2.00 bits per heavy atom. The second kappa shape index (κ2) is 8.53. The molecule has 6 heteroatoms. The minimum atomic E-state index is -0.214. The van der Waals surface area contributed by atoms with Crippen molar-refractivity contribution in [1.29, 1.82) is 5.26 Å². The van der Waals surface area contributed by atoms with E-state index in [-0.39, 0.29) is 11.8 Å². The Bertz CT molecular complexity index is 799. The maximum Gasteiger partial charge on any atom is 0.244 e. The first-order valence-electron chi connectivity index (χ1n) is 7.77. The van der Waals surface area contributed by atoms with Crippen molar-refractivity contribution in [2.45, 2.75) is 19.9 Å². The van der Waals surface area contributed by atoms with Gasteiger partial charge in [0.1, 0.15) is 0 Å². The Balaban J connectivity index is 2.05. The summed E-state index contributed by atoms with van der Waals surface area (Å²) in [4.78, 5) is 22.6. The smallest absolute Gasteiger partial charge is 0.244 e. The van der Waals surface area contributed by atoms with E-state index in [1.807, 2.05) is 35.0 Å². The van der Waals surface area contributed by atoms with Gasteiger partial charge in [0, 0.05) is 55.3 Å². The molecule has 1 aromatic carbocycles. The number of fused-ring (bicyclic) bond motifs is 1. The number of hydrogen-bond donors (Lipinski definition) is 2. The van der Waals surface area contributed by atoms with Crippen molar-refractivity contribution in [2.24, 2.45) is 0 Å². The molecule has 0 atom stereocenters. The Morgan fingerprint density at radius 3 is 2.75 bits per heavy atom. The quantitative estimate of drug-likeness (QED) is 0.601. The summed E-state index contributed by atoms with van der Waals surface area (Å²) in [5.74, 6) is -0.334. The van der Waals surface area contributed by atoms with Crippen LogP contribution in [0.25, 0.3) is 17.0 Å². The molecule has 124 valence electrons. The summed E-state index contributed by atoms with van der Waals surface area (Å²) in [6.07, 6.45) is 5.62. The number of benzene rings is 1. The standard InChI is InChI=1S/C18H20N4O2/c1-14(23)20-10-11-21-18(24)8-7-15-13-22(12-4-9-19)17-6-3-2-5-16(15)17/h2-3,5-8,13H,4,10-12H2,1H3,(H,20,23)(H,21,24). The number of para-hydroxylation sites is 1. The van der Waals surface area contributed by atoms with Gasteiger partial charge in [-0.1, -0.05) is 18.2 Å². The van der Waals surface area contributed by atoms with E-state index in [1.165, 1.54) is 13.0 Å². The number of aryl methyl sites for hydroxylation is 1. The molecule has 0 unspecified atom stereocenters. The summed E-state index contributed by atoms with van der Waals surface area (Å²) >= 11 is 0. The van der Waals surface area contributed by atoms with Crippen LogP contribution in [-0.4, -0.2) is 29.5 Å². The maximum absolute atomic E-state index is 11.8. The highest BCUT2D eigenvalue weighted by molar-refractivity contribution is 5.96. The molecule has 24 heavy (non-hydrogen) atoms. The van der Waals surface area contributed by atoms with Crippen LogP contribution < -0.4 is 10.6 Å². The number of nitrogens with zero attached hydrogens (tertiary/aromatic N) is 2. The van der Waals surface area contributed by atoms with Crippen molar-refractivity contribution < 1.29 is 9.59 Å². The third-order valence-electron chi connectivity index (χ3n) is 3.50. The molecule has 2 rings (SSSR count). The van der Waals surface area contributed by atoms with Crippen LogP contribution in [0.4, 0.5) is 0 Å². The third-order valence-corrected chi connectivity index (χ3v) is 3.50. The Labute approximate surface area is 140 Å². The lowest BCUT2D eigenvalue weighted by Crippen LogP contribution is -2.32. The molecule has 0 radical (unpaired) electrons. The molecular formula is C18H20N4O2. The average molecular weight is 324 g/mol. The van der Waals surface area contributed by atoms with Crippen molar-refractivity contribution in [3.05, 3.63) is 42.1 Å². The number of nitriles is 1. The molecule has 2 N–H and O–H groups in total. The summed E-state index contributed by atoms with van der Waals surface area (Å²) in [7, 11) is 0. The second-order valence-electron chi connectivity index (χ2n) is 5.31. The van der Waals surface area contributed by atoms with E-state index in [0.29, 0.717) is 26.1 Å². The van der Waals surface area contributed by atoms with Crippen LogP contribution in [0.2, 0.25) is 0 Å². The fourth-order valence-electron chi connectivity index (χ4n) is 2.41. The molecule has 6 nitrogen and oxygen atoms in total. The Hall–Kier alpha value is -3.07. The van der Waals surface area contributed by atoms with Crippen molar-refractivity contribution in [3.63, 3.8) is 0 Å². The molecule has 0 fully saturated rings. The molecule has 0 spiro atoms. The molecule has 0 saturated heterocycles. The zero-order valence-electron chi connectivity index (χ0n) is 13.6. The van der Waals surface area contributed by atoms with Gasteiger partial charge in [0.2, 0.25) is 11.8 Å². The fraction of sp³-hybridized carbons (Fsp3) is 0.278. The zero-order chi connectivity index (χ0) is 17.4. The van der Waals surface area contributed by atoms with Gasteiger partial charge < -0.3 is 15.2 Å². The summed E-state index contributed by atoms with van der Waals surface area (Å²) in [5.41, 5.74) is 1.97. The molecule has 0 bridgehead atoms. The van der Waals surface area contributed by atoms with Gasteiger partial charge in [-0.3, -0.25) is 9.59 Å². The van der Waals surface area contributed by atoms with E-state index in [4.69, 9.17) is 5.26 Å². The first-order chi connectivity index (χ1) is 11.6. The van der Waals surface area contributed by atoms with Crippen LogP contribution in [0.5, 0.6) is 0 Å². The highest BCUT2D eigenvalue weighted by Crippen LogP contribution is 2.22. The molecule has 2 amide bonds. The lowest BCUT2D eigenvalue weighted by molar-refractivity contribution is -0.119. The number of rotatable bonds is 7. The van der Waals surface area contributed by atoms with E-state index in [0.717, 1.165) is 16.5 Å². The number of carbonyl (C=O) groups is 2. The zero-order valence-corrected chi connectivity index (χ0v) is 13.6. The van der Waals surface area contributed by atoms with E-state index in [9.17, 15) is 9.59 Å². The molecule has 1 heterocycles. The molecule has 1 aromatic heterocycles. The minimum Gasteiger partial charge on any atom is -0.355 e. The van der Waals surface area contributed by atoms with Gasteiger partial charge in [-0.2, -0.15) is 5.26 Å². The fourth-order valence-corrected chi connectivity index (χ4v) is 2.41. The third kappa shape index (κ3) is 4.71. The summed E-state index contributed by atoms with van der Waals surface area (Å²) < 4.78 is 2.02. The van der Waals surface area contributed by atoms with Crippen LogP contribution in [0, 0.1) is 11.3 Å². The lowest BCUT2D eigenvalue weighted by Gasteiger charge is -2.02. The van der Waals surface area contributed by atoms with Gasteiger partial charge in [-0.05, 0) is 12.1 Å². The van der Waals surface area contributed by atoms with Gasteiger partial charge in [-0.15, -0.1) is 0 Å². The first-order valence-corrected chi connectivity index (χ1v) is 7.77. The Kier molecular flexibility index (Phi) is 6.15. The van der Waals surface area contributed by atoms with Gasteiger partial charge in [0.25, 0.3) is 0 Å². The number of amides is 2. The van der Waals surface area contributed by atoms with Crippen molar-refractivity contribution in [3.8, 4) is 6.07 Å². The maximum atomic E-state index is 11.8. The van der Waals surface area contributed by atoms with Gasteiger partial charge in [0.05, 0.1) is 12.5 Å². The molecule has 0 aliphatic heterocycles. The lowest BCUT2D eigenvalue weighted by atomic mass is 10.1. The monoisotopic (exact) mass is 324 g/mol. The molecular weight excluding hydrogens is 304 g/mol. The molecule has 0 saturated carbocycles. The highest BCUT2D eigenvalue weighted by Gasteiger charge is 2.06. The van der Waals surface area contributed by atoms with Crippen LogP contribution in [-0.2, 0) is 16.1 Å². The minimum absolute atomic E-state index is 0.120. The van der Waals surface area contributed by atoms with Gasteiger partial charge in [0.15, 0.2) is 0 Å². The summed E-state index contributed by atoms with van der Waals surface area (Å²) in [6, 6.07) is 10.0. The molecule has 2 aromatic rings. The van der Waals surface area contributed by atoms with Crippen molar-refractivity contribution in [2.75, 3.05) is 13.1 Å². The number of carbonyl (C=O) groups excluding carboxylic acids is 2. The number of nitrogens with one attached hydrogen (secondary N) is 2. The van der Waals surface area contributed by atoms with Crippen LogP contribution in [0.15, 0.2) is 36.5 Å². The van der Waals surface area contributed by atoms with E-state index >= 15 is 0 Å². The van der Waals surface area contributed by atoms with Crippen molar-refractivity contribution in [1.82, 2.24) is 15.2 Å². The predicted octanol–water partition coefficient (Wildman–Crippen LogP) is 1.82. The SMILES string of the molecule is CC(=O)NCCNC(=O)C=Cc1cn(CCC#N)c2ccccc12. The van der Waals surface area contributed by atoms with Crippen LogP contribution in [0.1, 0.15) is 18.9 Å². The van der Waals surface area contributed by atoms with Gasteiger partial charge >= 0.3 is 0 Å². The predicted molar refractivity (Wildman–Crippen MR) is 92.9 cm³/mol.